The van der Waals surface area contributed by atoms with E-state index < -0.39 is 27.7 Å². The lowest BCUT2D eigenvalue weighted by atomic mass is 9.99. The van der Waals surface area contributed by atoms with Crippen LogP contribution in [0.15, 0.2) is 41.4 Å². The molecule has 1 aliphatic heterocycles. The summed E-state index contributed by atoms with van der Waals surface area (Å²) in [6.07, 6.45) is -3.71. The van der Waals surface area contributed by atoms with Crippen molar-refractivity contribution < 1.29 is 31.1 Å². The number of nitrogens with one attached hydrogen (secondary N) is 1. The molecule has 1 aromatic carbocycles. The number of hydrogen-bond acceptors (Lipinski definition) is 8. The third-order valence-electron chi connectivity index (χ3n) is 4.38. The van der Waals surface area contributed by atoms with E-state index in [4.69, 9.17) is 14.6 Å². The Labute approximate surface area is 167 Å². The Bertz CT molecular complexity index is 1160. The topological polar surface area (TPSA) is 146 Å². The molecule has 0 radical (unpaired) electrons. The Hall–Kier alpha value is -2.94. The fourth-order valence-electron chi connectivity index (χ4n) is 3.12. The number of ether oxygens (including phenoxy) is 2. The van der Waals surface area contributed by atoms with Crippen molar-refractivity contribution in [3.05, 3.63) is 42.2 Å². The van der Waals surface area contributed by atoms with Crippen LogP contribution >= 0.6 is 0 Å². The summed E-state index contributed by atoms with van der Waals surface area (Å²) >= 11 is 0. The summed E-state index contributed by atoms with van der Waals surface area (Å²) in [6.45, 7) is -0.470. The van der Waals surface area contributed by atoms with E-state index in [1.165, 1.54) is 24.3 Å². The lowest BCUT2D eigenvalue weighted by Crippen LogP contribution is -2.44. The van der Waals surface area contributed by atoms with Crippen molar-refractivity contribution in [2.24, 2.45) is 5.14 Å². The monoisotopic (exact) mass is 442 g/mol. The number of rotatable bonds is 4. The highest BCUT2D eigenvalue weighted by atomic mass is 32.2. The summed E-state index contributed by atoms with van der Waals surface area (Å²) in [5, 5.41) is 18.5. The van der Waals surface area contributed by atoms with Crippen molar-refractivity contribution in [3.63, 3.8) is 0 Å². The summed E-state index contributed by atoms with van der Waals surface area (Å²) in [4.78, 5) is 3.60. The second-order valence-electron chi connectivity index (χ2n) is 6.20. The van der Waals surface area contributed by atoms with Crippen LogP contribution in [0.3, 0.4) is 0 Å². The number of H-pyrrole nitrogens is 1. The van der Waals surface area contributed by atoms with E-state index in [0.717, 1.165) is 12.3 Å². The fourth-order valence-corrected chi connectivity index (χ4v) is 3.88. The van der Waals surface area contributed by atoms with Gasteiger partial charge in [-0.1, -0.05) is 18.2 Å². The number of tetrazole rings is 1. The Balaban J connectivity index is 1.85. The molecule has 0 bridgehead atoms. The van der Waals surface area contributed by atoms with Crippen LogP contribution in [0.5, 0.6) is 0 Å². The minimum atomic E-state index is -4.85. The van der Waals surface area contributed by atoms with E-state index >= 15 is 0 Å². The Morgan fingerprint density at radius 3 is 2.40 bits per heavy atom. The zero-order chi connectivity index (χ0) is 21.6. The van der Waals surface area contributed by atoms with Gasteiger partial charge < -0.3 is 9.47 Å². The lowest BCUT2D eigenvalue weighted by Gasteiger charge is -2.28. The van der Waals surface area contributed by atoms with Crippen molar-refractivity contribution >= 4 is 10.0 Å². The van der Waals surface area contributed by atoms with Gasteiger partial charge in [0.2, 0.25) is 15.8 Å². The van der Waals surface area contributed by atoms with Gasteiger partial charge in [0.15, 0.2) is 0 Å². The van der Waals surface area contributed by atoms with Crippen molar-refractivity contribution in [2.75, 3.05) is 13.2 Å². The smallest absolute Gasteiger partial charge is 0.335 e. The Morgan fingerprint density at radius 1 is 1.13 bits per heavy atom. The van der Waals surface area contributed by atoms with Crippen molar-refractivity contribution in [2.45, 2.75) is 16.9 Å². The molecule has 0 saturated carbocycles. The van der Waals surface area contributed by atoms with E-state index in [1.807, 2.05) is 0 Å². The van der Waals surface area contributed by atoms with Crippen LogP contribution in [0.25, 0.3) is 22.5 Å². The number of aromatic amines is 1. The first kappa shape index (κ1) is 20.3. The van der Waals surface area contributed by atoms with E-state index in [9.17, 15) is 21.6 Å². The molecule has 10 nitrogen and oxygen atoms in total. The molecule has 30 heavy (non-hydrogen) atoms. The first-order chi connectivity index (χ1) is 14.1. The normalized spacial score (nSPS) is 16.7. The number of aromatic nitrogens is 5. The molecule has 158 valence electrons. The molecule has 14 heteroatoms. The molecule has 1 saturated heterocycles. The fraction of sp³-hybridized carbons (Fsp3) is 0.250. The highest BCUT2D eigenvalue weighted by molar-refractivity contribution is 7.89. The first-order valence-corrected chi connectivity index (χ1v) is 9.89. The number of alkyl halides is 3. The van der Waals surface area contributed by atoms with E-state index in [2.05, 4.69) is 25.6 Å². The molecule has 0 unspecified atom stereocenters. The van der Waals surface area contributed by atoms with Crippen LogP contribution in [-0.2, 0) is 25.3 Å². The number of nitrogens with zero attached hydrogens (tertiary/aromatic N) is 4. The molecule has 4 rings (SSSR count). The van der Waals surface area contributed by atoms with Gasteiger partial charge in [0.05, 0.1) is 23.7 Å². The van der Waals surface area contributed by atoms with E-state index in [-0.39, 0.29) is 35.1 Å². The van der Waals surface area contributed by atoms with Gasteiger partial charge in [-0.15, -0.1) is 10.2 Å². The Kier molecular flexibility index (Phi) is 4.80. The molecule has 2 aromatic heterocycles. The summed E-state index contributed by atoms with van der Waals surface area (Å²) in [6, 6.07) is 6.63. The number of pyridine rings is 1. The van der Waals surface area contributed by atoms with Crippen LogP contribution in [0, 0.1) is 0 Å². The number of nitrogens with two attached hydrogens (primary N) is 1. The zero-order valence-electron chi connectivity index (χ0n) is 14.9. The predicted octanol–water partition coefficient (Wildman–Crippen LogP) is 1.34. The largest absolute Gasteiger partial charge is 0.449 e. The molecule has 1 fully saturated rings. The number of benzene rings is 1. The lowest BCUT2D eigenvalue weighted by molar-refractivity contribution is -0.354. The molecule has 0 aliphatic carbocycles. The third-order valence-corrected chi connectivity index (χ3v) is 5.33. The van der Waals surface area contributed by atoms with Gasteiger partial charge in [0.25, 0.3) is 0 Å². The molecule has 0 atom stereocenters. The van der Waals surface area contributed by atoms with E-state index in [0.29, 0.717) is 5.56 Å². The second-order valence-corrected chi connectivity index (χ2v) is 7.73. The Morgan fingerprint density at radius 2 is 1.87 bits per heavy atom. The van der Waals surface area contributed by atoms with Crippen molar-refractivity contribution in [3.8, 4) is 22.5 Å². The van der Waals surface area contributed by atoms with Gasteiger partial charge in [-0.3, -0.25) is 4.98 Å². The zero-order valence-corrected chi connectivity index (χ0v) is 15.7. The maximum absolute atomic E-state index is 13.6. The maximum Gasteiger partial charge on any atom is 0.449 e. The third kappa shape index (κ3) is 3.32. The summed E-state index contributed by atoms with van der Waals surface area (Å²) < 4.78 is 74.4. The summed E-state index contributed by atoms with van der Waals surface area (Å²) in [7, 11) is -4.17. The molecular weight excluding hydrogens is 429 g/mol. The van der Waals surface area contributed by atoms with Gasteiger partial charge in [0.1, 0.15) is 5.69 Å². The van der Waals surface area contributed by atoms with Gasteiger partial charge in [0, 0.05) is 11.8 Å². The summed E-state index contributed by atoms with van der Waals surface area (Å²) in [5.41, 5.74) is 0.109. The molecular formula is C16H13F3N6O4S. The number of halogens is 3. The van der Waals surface area contributed by atoms with Gasteiger partial charge in [-0.2, -0.15) is 18.4 Å². The van der Waals surface area contributed by atoms with Gasteiger partial charge in [-0.25, -0.2) is 13.6 Å². The summed E-state index contributed by atoms with van der Waals surface area (Å²) in [5.74, 6) is -3.02. The molecule has 0 spiro atoms. The first-order valence-electron chi connectivity index (χ1n) is 8.35. The average Bonchev–Trinajstić information content (AvgIpc) is 3.39. The molecule has 1 aliphatic rings. The average molecular weight is 442 g/mol. The number of primary sulfonamides is 1. The highest BCUT2D eigenvalue weighted by Gasteiger charge is 2.62. The maximum atomic E-state index is 13.6. The quantitative estimate of drug-likeness (QED) is 0.615. The molecule has 3 aromatic rings. The second kappa shape index (κ2) is 7.09. The van der Waals surface area contributed by atoms with Crippen molar-refractivity contribution in [1.29, 1.82) is 0 Å². The van der Waals surface area contributed by atoms with Crippen molar-refractivity contribution in [1.82, 2.24) is 25.6 Å². The van der Waals surface area contributed by atoms with Crippen LogP contribution in [0.2, 0.25) is 0 Å². The van der Waals surface area contributed by atoms with Crippen LogP contribution in [-0.4, -0.2) is 53.4 Å². The highest BCUT2D eigenvalue weighted by Crippen LogP contribution is 2.45. The standard InChI is InChI=1S/C16H13F3N6O4S/c17-16(18,19)15(28-6-7-29-15)12-5-4-9(8-21-12)10-2-1-3-11(30(20,26)27)13(10)14-22-24-25-23-14/h1-5,8H,6-7H2,(H2,20,26,27)(H,22,23,24,25). The minimum Gasteiger partial charge on any atom is -0.335 e. The van der Waals surface area contributed by atoms with Gasteiger partial charge >= 0.3 is 12.0 Å². The van der Waals surface area contributed by atoms with Crippen LogP contribution < -0.4 is 5.14 Å². The SMILES string of the molecule is NS(=O)(=O)c1cccc(-c2ccc(C3(C(F)(F)F)OCCO3)nc2)c1-c1nn[nH]n1. The minimum absolute atomic E-state index is 0.0298. The van der Waals surface area contributed by atoms with Crippen LogP contribution in [0.4, 0.5) is 13.2 Å². The predicted molar refractivity (Wildman–Crippen MR) is 93.9 cm³/mol. The van der Waals surface area contributed by atoms with Crippen LogP contribution in [0.1, 0.15) is 5.69 Å². The number of hydrogen-bond donors (Lipinski definition) is 2. The van der Waals surface area contributed by atoms with Gasteiger partial charge in [-0.05, 0) is 22.9 Å². The molecule has 3 N–H and O–H groups in total. The molecule has 3 heterocycles. The van der Waals surface area contributed by atoms with E-state index in [1.54, 1.807) is 0 Å². The molecule has 0 amide bonds. The number of sulfonamides is 1.